The number of benzene rings is 1. The highest BCUT2D eigenvalue weighted by molar-refractivity contribution is 7.17. The summed E-state index contributed by atoms with van der Waals surface area (Å²) >= 11 is 1.39. The van der Waals surface area contributed by atoms with E-state index in [1.165, 1.54) is 23.5 Å². The van der Waals surface area contributed by atoms with Gasteiger partial charge in [0.25, 0.3) is 5.91 Å². The molecule has 1 amide bonds. The largest absolute Gasteiger partial charge is 0.380 e. The Kier molecular flexibility index (Phi) is 7.92. The molecule has 0 atom stereocenters. The lowest BCUT2D eigenvalue weighted by molar-refractivity contribution is 0.0947. The van der Waals surface area contributed by atoms with Crippen LogP contribution in [-0.4, -0.2) is 19.1 Å². The molecule has 1 aromatic carbocycles. The van der Waals surface area contributed by atoms with Crippen molar-refractivity contribution in [2.45, 2.75) is 40.3 Å². The predicted molar refractivity (Wildman–Crippen MR) is 94.4 cm³/mol. The fourth-order valence-electron chi connectivity index (χ4n) is 1.98. The molecule has 1 heterocycles. The molecular weight excluding hydrogens is 313 g/mol. The molecule has 0 saturated carbocycles. The van der Waals surface area contributed by atoms with E-state index in [4.69, 9.17) is 4.74 Å². The van der Waals surface area contributed by atoms with Crippen LogP contribution in [0, 0.1) is 5.82 Å². The van der Waals surface area contributed by atoms with Gasteiger partial charge in [0.2, 0.25) is 0 Å². The third-order valence-electron chi connectivity index (χ3n) is 2.86. The molecule has 0 bridgehead atoms. The molecule has 0 radical (unpaired) electrons. The number of carbonyl (C=O) groups is 1. The van der Waals surface area contributed by atoms with Crippen molar-refractivity contribution in [3.63, 3.8) is 0 Å². The van der Waals surface area contributed by atoms with E-state index >= 15 is 0 Å². The Labute approximate surface area is 141 Å². The van der Waals surface area contributed by atoms with E-state index in [0.29, 0.717) is 11.5 Å². The number of hydrogen-bond acceptors (Lipinski definition) is 3. The molecule has 0 aliphatic rings. The highest BCUT2D eigenvalue weighted by atomic mass is 32.1. The number of halogens is 1. The summed E-state index contributed by atoms with van der Waals surface area (Å²) < 4.78 is 18.2. The zero-order chi connectivity index (χ0) is 17.4. The topological polar surface area (TPSA) is 38.3 Å². The summed E-state index contributed by atoms with van der Waals surface area (Å²) in [7, 11) is 1.61. The smallest absolute Gasteiger partial charge is 0.261 e. The first-order chi connectivity index (χ1) is 11.0. The van der Waals surface area contributed by atoms with Gasteiger partial charge in [-0.15, -0.1) is 11.3 Å². The minimum absolute atomic E-state index is 0.0831. The van der Waals surface area contributed by atoms with Crippen molar-refractivity contribution in [3.05, 3.63) is 46.6 Å². The Bertz CT molecular complexity index is 620. The maximum atomic E-state index is 13.0. The van der Waals surface area contributed by atoms with E-state index in [9.17, 15) is 9.18 Å². The van der Waals surface area contributed by atoms with Crippen molar-refractivity contribution < 1.29 is 13.9 Å². The maximum Gasteiger partial charge on any atom is 0.261 e. The highest BCUT2D eigenvalue weighted by Gasteiger charge is 2.16. The standard InChI is InChI=1S/C16H18FNO2S.C2H6/c1-10(2)18-16(19)14-8-12(9-20-3)15(21-14)11-4-6-13(17)7-5-11;1-2/h4-8,10H,9H2,1-3H3,(H,18,19);1-2H3. The molecule has 126 valence electrons. The van der Waals surface area contributed by atoms with Crippen LogP contribution < -0.4 is 5.32 Å². The van der Waals surface area contributed by atoms with Crippen LogP contribution in [0.5, 0.6) is 0 Å². The van der Waals surface area contributed by atoms with E-state index in [0.717, 1.165) is 16.0 Å². The van der Waals surface area contributed by atoms with E-state index in [-0.39, 0.29) is 17.8 Å². The van der Waals surface area contributed by atoms with Crippen molar-refractivity contribution in [3.8, 4) is 10.4 Å². The molecule has 0 aliphatic carbocycles. The van der Waals surface area contributed by atoms with Crippen LogP contribution in [-0.2, 0) is 11.3 Å². The number of thiophene rings is 1. The van der Waals surface area contributed by atoms with Crippen LogP contribution in [0.15, 0.2) is 30.3 Å². The van der Waals surface area contributed by atoms with E-state index in [1.54, 1.807) is 19.2 Å². The molecule has 0 saturated heterocycles. The molecule has 2 rings (SSSR count). The van der Waals surface area contributed by atoms with Crippen molar-refractivity contribution in [2.75, 3.05) is 7.11 Å². The SMILES string of the molecule is CC.COCc1cc(C(=O)NC(C)C)sc1-c1ccc(F)cc1. The first-order valence-corrected chi connectivity index (χ1v) is 8.51. The summed E-state index contributed by atoms with van der Waals surface area (Å²) in [5.41, 5.74) is 1.82. The second-order valence-electron chi connectivity index (χ2n) is 5.03. The predicted octanol–water partition coefficient (Wildman–Crippen LogP) is 4.87. The second-order valence-corrected chi connectivity index (χ2v) is 6.09. The number of ether oxygens (including phenoxy) is 1. The molecular formula is C18H24FNO2S. The number of methoxy groups -OCH3 is 1. The number of nitrogens with one attached hydrogen (secondary N) is 1. The van der Waals surface area contributed by atoms with Crippen molar-refractivity contribution >= 4 is 17.2 Å². The minimum atomic E-state index is -0.277. The van der Waals surface area contributed by atoms with E-state index < -0.39 is 0 Å². The summed E-state index contributed by atoms with van der Waals surface area (Å²) in [5, 5.41) is 2.87. The molecule has 2 aromatic rings. The average molecular weight is 337 g/mol. The molecule has 5 heteroatoms. The highest BCUT2D eigenvalue weighted by Crippen LogP contribution is 2.33. The Morgan fingerprint density at radius 1 is 1.26 bits per heavy atom. The first-order valence-electron chi connectivity index (χ1n) is 7.69. The zero-order valence-electron chi connectivity index (χ0n) is 14.3. The summed E-state index contributed by atoms with van der Waals surface area (Å²) in [4.78, 5) is 13.7. The average Bonchev–Trinajstić information content (AvgIpc) is 2.94. The zero-order valence-corrected chi connectivity index (χ0v) is 15.1. The van der Waals surface area contributed by atoms with Gasteiger partial charge in [-0.1, -0.05) is 26.0 Å². The fraction of sp³-hybridized carbons (Fsp3) is 0.389. The van der Waals surface area contributed by atoms with Gasteiger partial charge in [0.1, 0.15) is 5.82 Å². The van der Waals surface area contributed by atoms with Crippen LogP contribution in [0.1, 0.15) is 42.9 Å². The lowest BCUT2D eigenvalue weighted by Crippen LogP contribution is -2.29. The van der Waals surface area contributed by atoms with Gasteiger partial charge >= 0.3 is 0 Å². The van der Waals surface area contributed by atoms with Gasteiger partial charge in [-0.2, -0.15) is 0 Å². The molecule has 0 spiro atoms. The normalized spacial score (nSPS) is 10.2. The van der Waals surface area contributed by atoms with Crippen LogP contribution in [0.25, 0.3) is 10.4 Å². The Morgan fingerprint density at radius 2 is 1.87 bits per heavy atom. The second kappa shape index (κ2) is 9.43. The molecule has 1 aromatic heterocycles. The van der Waals surface area contributed by atoms with Gasteiger partial charge < -0.3 is 10.1 Å². The Hall–Kier alpha value is -1.72. The van der Waals surface area contributed by atoms with E-state index in [1.807, 2.05) is 33.8 Å². The summed E-state index contributed by atoms with van der Waals surface area (Å²) in [6.07, 6.45) is 0. The summed E-state index contributed by atoms with van der Waals surface area (Å²) in [6, 6.07) is 8.18. The molecule has 1 N–H and O–H groups in total. The lowest BCUT2D eigenvalue weighted by atomic mass is 10.1. The third kappa shape index (κ3) is 5.44. The van der Waals surface area contributed by atoms with Crippen LogP contribution in [0.3, 0.4) is 0 Å². The molecule has 3 nitrogen and oxygen atoms in total. The van der Waals surface area contributed by atoms with Crippen LogP contribution in [0.4, 0.5) is 4.39 Å². The molecule has 0 aliphatic heterocycles. The third-order valence-corrected chi connectivity index (χ3v) is 4.08. The number of rotatable bonds is 5. The first kappa shape index (κ1) is 19.3. The van der Waals surface area contributed by atoms with Gasteiger partial charge in [0.15, 0.2) is 0 Å². The number of hydrogen-bond donors (Lipinski definition) is 1. The van der Waals surface area contributed by atoms with Gasteiger partial charge in [-0.05, 0) is 43.2 Å². The van der Waals surface area contributed by atoms with E-state index in [2.05, 4.69) is 5.32 Å². The minimum Gasteiger partial charge on any atom is -0.380 e. The summed E-state index contributed by atoms with van der Waals surface area (Å²) in [6.45, 7) is 8.25. The maximum absolute atomic E-state index is 13.0. The van der Waals surface area contributed by atoms with Crippen molar-refractivity contribution in [1.82, 2.24) is 5.32 Å². The molecule has 23 heavy (non-hydrogen) atoms. The Morgan fingerprint density at radius 3 is 2.39 bits per heavy atom. The summed E-state index contributed by atoms with van der Waals surface area (Å²) in [5.74, 6) is -0.373. The molecule has 0 unspecified atom stereocenters. The van der Waals surface area contributed by atoms with Gasteiger partial charge in [0.05, 0.1) is 11.5 Å². The molecule has 0 fully saturated rings. The fourth-order valence-corrected chi connectivity index (χ4v) is 3.06. The monoisotopic (exact) mass is 337 g/mol. The van der Waals surface area contributed by atoms with Crippen LogP contribution >= 0.6 is 11.3 Å². The lowest BCUT2D eigenvalue weighted by Gasteiger charge is -2.05. The number of carbonyl (C=O) groups excluding carboxylic acids is 1. The van der Waals surface area contributed by atoms with Crippen molar-refractivity contribution in [1.29, 1.82) is 0 Å². The Balaban J connectivity index is 0.00000127. The van der Waals surface area contributed by atoms with Gasteiger partial charge in [-0.25, -0.2) is 4.39 Å². The quantitative estimate of drug-likeness (QED) is 0.846. The van der Waals surface area contributed by atoms with Crippen molar-refractivity contribution in [2.24, 2.45) is 0 Å². The van der Waals surface area contributed by atoms with Gasteiger partial charge in [0, 0.05) is 18.0 Å². The van der Waals surface area contributed by atoms with Gasteiger partial charge in [-0.3, -0.25) is 4.79 Å². The number of amides is 1. The van der Waals surface area contributed by atoms with Crippen LogP contribution in [0.2, 0.25) is 0 Å².